The molecule has 0 unspecified atom stereocenters. The third-order valence-corrected chi connectivity index (χ3v) is 2.56. The van der Waals surface area contributed by atoms with E-state index < -0.39 is 0 Å². The Kier molecular flexibility index (Phi) is 1.81. The molecule has 0 atom stereocenters. The third-order valence-electron chi connectivity index (χ3n) is 2.56. The number of nitrogens with two attached hydrogens (primary N) is 1. The summed E-state index contributed by atoms with van der Waals surface area (Å²) in [6, 6.07) is 0. The summed E-state index contributed by atoms with van der Waals surface area (Å²) in [5.74, 6) is 0. The second-order valence-corrected chi connectivity index (χ2v) is 3.58. The third kappa shape index (κ3) is 1.46. The highest BCUT2D eigenvalue weighted by molar-refractivity contribution is 5.06. The van der Waals surface area contributed by atoms with Crippen molar-refractivity contribution in [1.82, 2.24) is 9.97 Å². The van der Waals surface area contributed by atoms with E-state index in [1.807, 2.05) is 6.20 Å². The lowest BCUT2D eigenvalue weighted by atomic mass is 10.0. The first-order chi connectivity index (χ1) is 5.85. The molecule has 1 fully saturated rings. The Hall–Kier alpha value is -0.960. The van der Waals surface area contributed by atoms with Gasteiger partial charge in [-0.05, 0) is 31.2 Å². The average Bonchev–Trinajstić information content (AvgIpc) is 2.88. The van der Waals surface area contributed by atoms with Crippen LogP contribution >= 0.6 is 0 Å². The summed E-state index contributed by atoms with van der Waals surface area (Å²) in [6.45, 7) is 0.781. The van der Waals surface area contributed by atoms with Gasteiger partial charge in [0, 0.05) is 18.6 Å². The second kappa shape index (κ2) is 2.83. The monoisotopic (exact) mass is 163 g/mol. The van der Waals surface area contributed by atoms with Gasteiger partial charge in [-0.25, -0.2) is 0 Å². The molecule has 1 aromatic rings. The molecule has 1 saturated carbocycles. The lowest BCUT2D eigenvalue weighted by Gasteiger charge is -2.09. The molecule has 0 bridgehead atoms. The van der Waals surface area contributed by atoms with Crippen LogP contribution < -0.4 is 5.73 Å². The zero-order chi connectivity index (χ0) is 8.44. The number of hydrogen-bond acceptors (Lipinski definition) is 3. The van der Waals surface area contributed by atoms with E-state index in [0.717, 1.165) is 18.7 Å². The fourth-order valence-electron chi connectivity index (χ4n) is 1.44. The molecule has 1 aliphatic carbocycles. The van der Waals surface area contributed by atoms with Gasteiger partial charge in [0.25, 0.3) is 0 Å². The predicted molar refractivity (Wildman–Crippen MR) is 46.5 cm³/mol. The Morgan fingerprint density at radius 3 is 2.75 bits per heavy atom. The van der Waals surface area contributed by atoms with Crippen molar-refractivity contribution < 1.29 is 0 Å². The smallest absolute Gasteiger partial charge is 0.0592 e. The molecule has 0 aliphatic heterocycles. The first-order valence-corrected chi connectivity index (χ1v) is 4.30. The Morgan fingerprint density at radius 2 is 2.25 bits per heavy atom. The minimum absolute atomic E-state index is 0.371. The summed E-state index contributed by atoms with van der Waals surface area (Å²) in [7, 11) is 0. The van der Waals surface area contributed by atoms with E-state index in [1.165, 1.54) is 12.8 Å². The Bertz CT molecular complexity index is 254. The summed E-state index contributed by atoms with van der Waals surface area (Å²) >= 11 is 0. The van der Waals surface area contributed by atoms with Crippen molar-refractivity contribution in [3.63, 3.8) is 0 Å². The Morgan fingerprint density at radius 1 is 1.42 bits per heavy atom. The van der Waals surface area contributed by atoms with Crippen LogP contribution in [-0.4, -0.2) is 16.5 Å². The highest BCUT2D eigenvalue weighted by atomic mass is 14.8. The van der Waals surface area contributed by atoms with Crippen LogP contribution in [0.15, 0.2) is 18.6 Å². The molecule has 0 spiro atoms. The summed E-state index contributed by atoms with van der Waals surface area (Å²) in [6.07, 6.45) is 8.76. The maximum Gasteiger partial charge on any atom is 0.0592 e. The first kappa shape index (κ1) is 7.68. The van der Waals surface area contributed by atoms with Crippen LogP contribution in [0.2, 0.25) is 0 Å². The van der Waals surface area contributed by atoms with Gasteiger partial charge in [0.2, 0.25) is 0 Å². The average molecular weight is 163 g/mol. The van der Waals surface area contributed by atoms with E-state index in [2.05, 4.69) is 9.97 Å². The maximum absolute atomic E-state index is 5.67. The molecule has 12 heavy (non-hydrogen) atoms. The molecule has 2 N–H and O–H groups in total. The molecular weight excluding hydrogens is 150 g/mol. The molecule has 3 heteroatoms. The molecule has 1 aliphatic rings. The van der Waals surface area contributed by atoms with Crippen molar-refractivity contribution in [2.75, 3.05) is 6.54 Å². The van der Waals surface area contributed by atoms with Crippen LogP contribution in [0.4, 0.5) is 0 Å². The van der Waals surface area contributed by atoms with E-state index in [-0.39, 0.29) is 0 Å². The van der Waals surface area contributed by atoms with Crippen molar-refractivity contribution in [3.05, 3.63) is 24.3 Å². The van der Waals surface area contributed by atoms with Crippen molar-refractivity contribution in [2.45, 2.75) is 19.3 Å². The molecule has 3 nitrogen and oxygen atoms in total. The zero-order valence-corrected chi connectivity index (χ0v) is 7.03. The highest BCUT2D eigenvalue weighted by Crippen LogP contribution is 2.46. The van der Waals surface area contributed by atoms with Gasteiger partial charge in [-0.1, -0.05) is 0 Å². The predicted octanol–water partition coefficient (Wildman–Crippen LogP) is 0.758. The number of hydrogen-bond donors (Lipinski definition) is 1. The first-order valence-electron chi connectivity index (χ1n) is 4.30. The van der Waals surface area contributed by atoms with Crippen LogP contribution in [0.5, 0.6) is 0 Å². The minimum atomic E-state index is 0.371. The van der Waals surface area contributed by atoms with Gasteiger partial charge in [-0.15, -0.1) is 0 Å². The minimum Gasteiger partial charge on any atom is -0.330 e. The topological polar surface area (TPSA) is 51.8 Å². The Labute approximate surface area is 72.0 Å². The van der Waals surface area contributed by atoms with E-state index >= 15 is 0 Å². The van der Waals surface area contributed by atoms with Crippen molar-refractivity contribution in [3.8, 4) is 0 Å². The van der Waals surface area contributed by atoms with E-state index in [0.29, 0.717) is 5.41 Å². The van der Waals surface area contributed by atoms with Crippen LogP contribution in [0, 0.1) is 5.41 Å². The van der Waals surface area contributed by atoms with Gasteiger partial charge >= 0.3 is 0 Å². The number of aromatic nitrogens is 2. The molecule has 0 radical (unpaired) electrons. The zero-order valence-electron chi connectivity index (χ0n) is 7.03. The molecular formula is C9H13N3. The van der Waals surface area contributed by atoms with Gasteiger partial charge in [-0.2, -0.15) is 0 Å². The lowest BCUT2D eigenvalue weighted by Crippen LogP contribution is -2.18. The molecule has 64 valence electrons. The molecule has 0 aromatic carbocycles. The van der Waals surface area contributed by atoms with E-state index in [4.69, 9.17) is 5.73 Å². The van der Waals surface area contributed by atoms with Gasteiger partial charge in [0.1, 0.15) is 0 Å². The maximum atomic E-state index is 5.67. The number of rotatable bonds is 3. The quantitative estimate of drug-likeness (QED) is 0.715. The molecule has 1 heterocycles. The van der Waals surface area contributed by atoms with Crippen LogP contribution in [0.3, 0.4) is 0 Å². The lowest BCUT2D eigenvalue weighted by molar-refractivity contribution is 0.513. The Balaban J connectivity index is 2.04. The largest absolute Gasteiger partial charge is 0.330 e. The van der Waals surface area contributed by atoms with Crippen molar-refractivity contribution in [1.29, 1.82) is 0 Å². The van der Waals surface area contributed by atoms with E-state index in [9.17, 15) is 0 Å². The fraction of sp³-hybridized carbons (Fsp3) is 0.556. The normalized spacial score (nSPS) is 19.1. The molecule has 1 aromatic heterocycles. The molecule has 2 rings (SSSR count). The second-order valence-electron chi connectivity index (χ2n) is 3.58. The van der Waals surface area contributed by atoms with Gasteiger partial charge in [0.15, 0.2) is 0 Å². The molecule has 0 saturated heterocycles. The summed E-state index contributed by atoms with van der Waals surface area (Å²) in [5.41, 5.74) is 7.11. The van der Waals surface area contributed by atoms with Gasteiger partial charge in [-0.3, -0.25) is 9.97 Å². The SMILES string of the molecule is NCC1(Cc2cnccn2)CC1. The molecule has 0 amide bonds. The van der Waals surface area contributed by atoms with E-state index in [1.54, 1.807) is 12.4 Å². The van der Waals surface area contributed by atoms with Crippen molar-refractivity contribution in [2.24, 2.45) is 11.1 Å². The summed E-state index contributed by atoms with van der Waals surface area (Å²) in [5, 5.41) is 0. The van der Waals surface area contributed by atoms with Gasteiger partial charge in [0.05, 0.1) is 5.69 Å². The summed E-state index contributed by atoms with van der Waals surface area (Å²) in [4.78, 5) is 8.26. The van der Waals surface area contributed by atoms with Crippen LogP contribution in [-0.2, 0) is 6.42 Å². The highest BCUT2D eigenvalue weighted by Gasteiger charge is 2.41. The standard InChI is InChI=1S/C9H13N3/c10-7-9(1-2-9)5-8-6-11-3-4-12-8/h3-4,6H,1-2,5,7,10H2. The fourth-order valence-corrected chi connectivity index (χ4v) is 1.44. The van der Waals surface area contributed by atoms with Gasteiger partial charge < -0.3 is 5.73 Å². The van der Waals surface area contributed by atoms with Crippen LogP contribution in [0.1, 0.15) is 18.5 Å². The number of nitrogens with zero attached hydrogens (tertiary/aromatic N) is 2. The van der Waals surface area contributed by atoms with Crippen LogP contribution in [0.25, 0.3) is 0 Å². The summed E-state index contributed by atoms with van der Waals surface area (Å²) < 4.78 is 0. The van der Waals surface area contributed by atoms with Crippen molar-refractivity contribution >= 4 is 0 Å².